The van der Waals surface area contributed by atoms with E-state index in [0.717, 1.165) is 37.4 Å². The number of anilines is 1. The van der Waals surface area contributed by atoms with Crippen LogP contribution in [0.5, 0.6) is 5.75 Å². The Labute approximate surface area is 140 Å². The number of methoxy groups -OCH3 is 2. The van der Waals surface area contributed by atoms with Crippen LogP contribution in [0.25, 0.3) is 0 Å². The van der Waals surface area contributed by atoms with Crippen LogP contribution in [0.4, 0.5) is 5.69 Å². The molecule has 0 atom stereocenters. The maximum Gasteiger partial charge on any atom is 0.119 e. The molecule has 1 aliphatic carbocycles. The summed E-state index contributed by atoms with van der Waals surface area (Å²) in [6.07, 6.45) is 6.51. The molecule has 3 nitrogen and oxygen atoms in total. The van der Waals surface area contributed by atoms with Crippen molar-refractivity contribution >= 4 is 5.69 Å². The summed E-state index contributed by atoms with van der Waals surface area (Å²) in [5.74, 6) is 2.00. The van der Waals surface area contributed by atoms with E-state index in [1.165, 1.54) is 11.3 Å². The second-order valence-corrected chi connectivity index (χ2v) is 7.21. The van der Waals surface area contributed by atoms with Gasteiger partial charge in [-0.25, -0.2) is 0 Å². The van der Waals surface area contributed by atoms with Gasteiger partial charge in [-0.2, -0.15) is 0 Å². The van der Waals surface area contributed by atoms with Gasteiger partial charge in [-0.05, 0) is 36.1 Å². The van der Waals surface area contributed by atoms with Gasteiger partial charge in [0.05, 0.1) is 14.2 Å². The zero-order valence-electron chi connectivity index (χ0n) is 15.1. The fraction of sp³-hybridized carbons (Fsp3) is 0.500. The fourth-order valence-corrected chi connectivity index (χ4v) is 2.88. The van der Waals surface area contributed by atoms with Crippen LogP contribution in [0.15, 0.2) is 47.7 Å². The first-order valence-corrected chi connectivity index (χ1v) is 8.24. The predicted octanol–water partition coefficient (Wildman–Crippen LogP) is 4.80. The number of allylic oxidation sites excluding steroid dienone is 2. The lowest BCUT2D eigenvalue weighted by Gasteiger charge is -2.33. The molecular formula is C20H29NO2. The minimum atomic E-state index is 0.214. The van der Waals surface area contributed by atoms with Crippen molar-refractivity contribution in [3.63, 3.8) is 0 Å². The number of hydrogen-bond acceptors (Lipinski definition) is 3. The molecule has 1 aromatic rings. The molecule has 3 heteroatoms. The van der Waals surface area contributed by atoms with Gasteiger partial charge < -0.3 is 14.4 Å². The molecule has 0 saturated heterocycles. The van der Waals surface area contributed by atoms with Crippen LogP contribution < -0.4 is 9.64 Å². The first-order chi connectivity index (χ1) is 10.9. The van der Waals surface area contributed by atoms with Crippen molar-refractivity contribution in [1.82, 2.24) is 0 Å². The van der Waals surface area contributed by atoms with Crippen LogP contribution in [0.3, 0.4) is 0 Å². The van der Waals surface area contributed by atoms with Gasteiger partial charge >= 0.3 is 0 Å². The summed E-state index contributed by atoms with van der Waals surface area (Å²) in [4.78, 5) is 2.42. The normalized spacial score (nSPS) is 14.8. The molecular weight excluding hydrogens is 286 g/mol. The molecule has 1 aliphatic rings. The zero-order chi connectivity index (χ0) is 16.9. The highest BCUT2D eigenvalue weighted by atomic mass is 16.5. The molecule has 0 bridgehead atoms. The molecule has 2 rings (SSSR count). The van der Waals surface area contributed by atoms with E-state index in [-0.39, 0.29) is 5.41 Å². The van der Waals surface area contributed by atoms with E-state index >= 15 is 0 Å². The second kappa shape index (κ2) is 7.58. The SMILES string of the molecule is COC1=C(CN(CC(C)(C)C)c2ccc(OC)cc2)C=CCC1. The molecule has 0 saturated carbocycles. The van der Waals surface area contributed by atoms with Crippen molar-refractivity contribution in [2.24, 2.45) is 5.41 Å². The molecule has 0 amide bonds. The fourth-order valence-electron chi connectivity index (χ4n) is 2.88. The Bertz CT molecular complexity index is 564. The Morgan fingerprint density at radius 3 is 2.30 bits per heavy atom. The Morgan fingerprint density at radius 2 is 1.74 bits per heavy atom. The summed E-state index contributed by atoms with van der Waals surface area (Å²) < 4.78 is 10.9. The van der Waals surface area contributed by atoms with Gasteiger partial charge in [0.1, 0.15) is 11.5 Å². The van der Waals surface area contributed by atoms with Crippen molar-refractivity contribution < 1.29 is 9.47 Å². The smallest absolute Gasteiger partial charge is 0.119 e. The molecule has 23 heavy (non-hydrogen) atoms. The van der Waals surface area contributed by atoms with Crippen molar-refractivity contribution in [3.8, 4) is 5.75 Å². The molecule has 0 aromatic heterocycles. The van der Waals surface area contributed by atoms with Gasteiger partial charge in [-0.3, -0.25) is 0 Å². The molecule has 126 valence electrons. The van der Waals surface area contributed by atoms with Crippen LogP contribution in [-0.4, -0.2) is 27.3 Å². The average Bonchev–Trinajstić information content (AvgIpc) is 2.53. The van der Waals surface area contributed by atoms with E-state index in [4.69, 9.17) is 9.47 Å². The van der Waals surface area contributed by atoms with E-state index in [9.17, 15) is 0 Å². The van der Waals surface area contributed by atoms with E-state index in [2.05, 4.69) is 50.0 Å². The van der Waals surface area contributed by atoms with Gasteiger partial charge in [0.2, 0.25) is 0 Å². The number of benzene rings is 1. The second-order valence-electron chi connectivity index (χ2n) is 7.21. The highest BCUT2D eigenvalue weighted by molar-refractivity contribution is 5.51. The lowest BCUT2D eigenvalue weighted by molar-refractivity contribution is 0.271. The lowest BCUT2D eigenvalue weighted by atomic mass is 9.95. The predicted molar refractivity (Wildman–Crippen MR) is 97.1 cm³/mol. The summed E-state index contributed by atoms with van der Waals surface area (Å²) in [5.41, 5.74) is 2.70. The Kier molecular flexibility index (Phi) is 5.75. The number of hydrogen-bond donors (Lipinski definition) is 0. The third-order valence-corrected chi connectivity index (χ3v) is 3.93. The molecule has 0 radical (unpaired) electrons. The van der Waals surface area contributed by atoms with Crippen molar-refractivity contribution in [3.05, 3.63) is 47.7 Å². The maximum atomic E-state index is 5.59. The summed E-state index contributed by atoms with van der Waals surface area (Å²) in [6, 6.07) is 8.30. The Hall–Kier alpha value is -1.90. The maximum absolute atomic E-state index is 5.59. The number of ether oxygens (including phenoxy) is 2. The first kappa shape index (κ1) is 17.5. The van der Waals surface area contributed by atoms with Crippen LogP contribution in [-0.2, 0) is 4.74 Å². The van der Waals surface area contributed by atoms with Crippen LogP contribution in [0.2, 0.25) is 0 Å². The van der Waals surface area contributed by atoms with Crippen molar-refractivity contribution in [2.45, 2.75) is 33.6 Å². The van der Waals surface area contributed by atoms with Crippen molar-refractivity contribution in [2.75, 3.05) is 32.2 Å². The molecule has 0 heterocycles. The number of nitrogens with zero attached hydrogens (tertiary/aromatic N) is 1. The highest BCUT2D eigenvalue weighted by Crippen LogP contribution is 2.27. The molecule has 0 fully saturated rings. The van der Waals surface area contributed by atoms with Crippen LogP contribution in [0, 0.1) is 5.41 Å². The first-order valence-electron chi connectivity index (χ1n) is 8.24. The van der Waals surface area contributed by atoms with Gasteiger partial charge in [0.15, 0.2) is 0 Å². The number of rotatable bonds is 6. The Morgan fingerprint density at radius 1 is 1.04 bits per heavy atom. The van der Waals surface area contributed by atoms with Crippen molar-refractivity contribution in [1.29, 1.82) is 0 Å². The van der Waals surface area contributed by atoms with Crippen LogP contribution >= 0.6 is 0 Å². The van der Waals surface area contributed by atoms with Gasteiger partial charge in [0, 0.05) is 30.8 Å². The molecule has 0 N–H and O–H groups in total. The largest absolute Gasteiger partial charge is 0.501 e. The minimum absolute atomic E-state index is 0.214. The van der Waals surface area contributed by atoms with Gasteiger partial charge in [-0.1, -0.05) is 32.9 Å². The summed E-state index contributed by atoms with van der Waals surface area (Å²) in [5, 5.41) is 0. The van der Waals surface area contributed by atoms with E-state index < -0.39 is 0 Å². The van der Waals surface area contributed by atoms with Gasteiger partial charge in [0.25, 0.3) is 0 Å². The monoisotopic (exact) mass is 315 g/mol. The molecule has 0 aliphatic heterocycles. The minimum Gasteiger partial charge on any atom is -0.501 e. The summed E-state index contributed by atoms with van der Waals surface area (Å²) in [7, 11) is 3.47. The molecule has 0 spiro atoms. The third-order valence-electron chi connectivity index (χ3n) is 3.93. The van der Waals surface area contributed by atoms with Gasteiger partial charge in [-0.15, -0.1) is 0 Å². The zero-order valence-corrected chi connectivity index (χ0v) is 15.1. The average molecular weight is 315 g/mol. The summed E-state index contributed by atoms with van der Waals surface area (Å²) in [6.45, 7) is 8.65. The molecule has 0 unspecified atom stereocenters. The lowest BCUT2D eigenvalue weighted by Crippen LogP contribution is -2.34. The summed E-state index contributed by atoms with van der Waals surface area (Å²) >= 11 is 0. The Balaban J connectivity index is 2.26. The van der Waals surface area contributed by atoms with E-state index in [0.29, 0.717) is 0 Å². The topological polar surface area (TPSA) is 21.7 Å². The van der Waals surface area contributed by atoms with E-state index in [1.807, 2.05) is 12.1 Å². The van der Waals surface area contributed by atoms with E-state index in [1.54, 1.807) is 14.2 Å². The van der Waals surface area contributed by atoms with Crippen LogP contribution in [0.1, 0.15) is 33.6 Å². The molecule has 1 aromatic carbocycles. The third kappa shape index (κ3) is 5.05. The quantitative estimate of drug-likeness (QED) is 0.753. The standard InChI is InChI=1S/C20H29NO2/c1-20(2,3)15-21(17-10-12-18(22-4)13-11-17)14-16-8-6-7-9-19(16)23-5/h6,8,10-13H,7,9,14-15H2,1-5H3. The highest BCUT2D eigenvalue weighted by Gasteiger charge is 2.20.